The van der Waals surface area contributed by atoms with Gasteiger partial charge >= 0.3 is 0 Å². The summed E-state index contributed by atoms with van der Waals surface area (Å²) in [5, 5.41) is 4.00. The van der Waals surface area contributed by atoms with Crippen LogP contribution < -0.4 is 0 Å². The van der Waals surface area contributed by atoms with Crippen LogP contribution in [-0.2, 0) is 13.0 Å². The molecule has 1 aliphatic heterocycles. The minimum atomic E-state index is -0.664. The van der Waals surface area contributed by atoms with Gasteiger partial charge in [-0.1, -0.05) is 19.0 Å². The molecule has 0 N–H and O–H groups in total. The number of halogens is 2. The van der Waals surface area contributed by atoms with Gasteiger partial charge in [-0.25, -0.2) is 8.78 Å². The van der Waals surface area contributed by atoms with Gasteiger partial charge in [-0.2, -0.15) is 4.98 Å². The van der Waals surface area contributed by atoms with Gasteiger partial charge in [0.05, 0.1) is 12.1 Å². The summed E-state index contributed by atoms with van der Waals surface area (Å²) in [6, 6.07) is 3.01. The summed E-state index contributed by atoms with van der Waals surface area (Å²) >= 11 is 0. The predicted octanol–water partition coefficient (Wildman–Crippen LogP) is 3.64. The van der Waals surface area contributed by atoms with Crippen LogP contribution in [0.3, 0.4) is 0 Å². The summed E-state index contributed by atoms with van der Waals surface area (Å²) in [5.41, 5.74) is -0.153. The molecule has 26 heavy (non-hydrogen) atoms. The fourth-order valence-electron chi connectivity index (χ4n) is 3.25. The third-order valence-corrected chi connectivity index (χ3v) is 4.61. The van der Waals surface area contributed by atoms with Gasteiger partial charge in [-0.3, -0.25) is 9.69 Å². The van der Waals surface area contributed by atoms with E-state index >= 15 is 0 Å². The third-order valence-electron chi connectivity index (χ3n) is 4.61. The van der Waals surface area contributed by atoms with Crippen molar-refractivity contribution in [3.63, 3.8) is 0 Å². The first-order valence-electron chi connectivity index (χ1n) is 8.95. The van der Waals surface area contributed by atoms with Gasteiger partial charge in [0, 0.05) is 12.3 Å². The Morgan fingerprint density at radius 3 is 2.73 bits per heavy atom. The lowest BCUT2D eigenvalue weighted by Crippen LogP contribution is -2.36. The zero-order chi connectivity index (χ0) is 18.7. The van der Waals surface area contributed by atoms with Crippen molar-refractivity contribution >= 4 is 5.78 Å². The number of carbonyl (C=O) groups excluding carboxylic acids is 1. The second kappa shape index (κ2) is 8.03. The van der Waals surface area contributed by atoms with Crippen molar-refractivity contribution in [1.29, 1.82) is 0 Å². The molecule has 3 rings (SSSR count). The molecule has 140 valence electrons. The maximum absolute atomic E-state index is 13.8. The van der Waals surface area contributed by atoms with Crippen molar-refractivity contribution < 1.29 is 18.1 Å². The molecule has 0 saturated carbocycles. The van der Waals surface area contributed by atoms with Gasteiger partial charge in [-0.15, -0.1) is 0 Å². The quantitative estimate of drug-likeness (QED) is 0.734. The summed E-state index contributed by atoms with van der Waals surface area (Å²) in [5.74, 6) is -0.133. The normalized spacial score (nSPS) is 16.3. The summed E-state index contributed by atoms with van der Waals surface area (Å²) < 4.78 is 32.4. The van der Waals surface area contributed by atoms with Gasteiger partial charge in [0.25, 0.3) is 0 Å². The molecule has 1 aliphatic rings. The Balaban J connectivity index is 1.55. The van der Waals surface area contributed by atoms with E-state index in [1.807, 2.05) is 0 Å². The second-order valence-electron chi connectivity index (χ2n) is 7.24. The van der Waals surface area contributed by atoms with E-state index in [4.69, 9.17) is 4.52 Å². The maximum atomic E-state index is 13.8. The second-order valence-corrected chi connectivity index (χ2v) is 7.24. The molecule has 0 unspecified atom stereocenters. The molecule has 2 aromatic rings. The number of hydrogen-bond donors (Lipinski definition) is 0. The largest absolute Gasteiger partial charge is 0.339 e. The fraction of sp³-hybridized carbons (Fsp3) is 0.526. The smallest absolute Gasteiger partial charge is 0.226 e. The molecule has 0 spiro atoms. The van der Waals surface area contributed by atoms with E-state index in [2.05, 4.69) is 28.9 Å². The Morgan fingerprint density at radius 2 is 2.04 bits per heavy atom. The fourth-order valence-corrected chi connectivity index (χ4v) is 3.25. The highest BCUT2D eigenvalue weighted by Crippen LogP contribution is 2.24. The Morgan fingerprint density at radius 1 is 1.31 bits per heavy atom. The average Bonchev–Trinajstić information content (AvgIpc) is 3.03. The molecular formula is C19H23F2N3O2. The maximum Gasteiger partial charge on any atom is 0.226 e. The van der Waals surface area contributed by atoms with E-state index in [0.717, 1.165) is 24.6 Å². The van der Waals surface area contributed by atoms with E-state index in [1.165, 1.54) is 0 Å². The Hall–Kier alpha value is -2.15. The topological polar surface area (TPSA) is 59.2 Å². The van der Waals surface area contributed by atoms with E-state index in [-0.39, 0.29) is 17.3 Å². The highest BCUT2D eigenvalue weighted by atomic mass is 19.1. The predicted molar refractivity (Wildman–Crippen MR) is 91.5 cm³/mol. The van der Waals surface area contributed by atoms with Crippen LogP contribution >= 0.6 is 0 Å². The molecule has 1 aromatic carbocycles. The first-order valence-corrected chi connectivity index (χ1v) is 8.95. The van der Waals surface area contributed by atoms with Crippen molar-refractivity contribution in [3.8, 4) is 0 Å². The van der Waals surface area contributed by atoms with Gasteiger partial charge in [-0.05, 0) is 50.0 Å². The lowest BCUT2D eigenvalue weighted by Gasteiger charge is -2.30. The van der Waals surface area contributed by atoms with Crippen molar-refractivity contribution in [2.75, 3.05) is 13.1 Å². The lowest BCUT2D eigenvalue weighted by atomic mass is 9.88. The number of carbonyl (C=O) groups is 1. The third kappa shape index (κ3) is 4.52. The zero-order valence-electron chi connectivity index (χ0n) is 15.0. The number of Topliss-reactive ketones (excluding diaryl/α,β-unsaturated/α-hetero) is 1. The number of piperidine rings is 1. The zero-order valence-corrected chi connectivity index (χ0v) is 15.0. The van der Waals surface area contributed by atoms with Crippen LogP contribution in [-0.4, -0.2) is 33.9 Å². The molecule has 2 heterocycles. The average molecular weight is 363 g/mol. The first kappa shape index (κ1) is 18.6. The highest BCUT2D eigenvalue weighted by Gasteiger charge is 2.28. The lowest BCUT2D eigenvalue weighted by molar-refractivity contribution is 0.0827. The number of nitrogens with zero attached hydrogens (tertiary/aromatic N) is 3. The summed E-state index contributed by atoms with van der Waals surface area (Å²) in [7, 11) is 0. The summed E-state index contributed by atoms with van der Waals surface area (Å²) in [6.07, 6.45) is 1.96. The van der Waals surface area contributed by atoms with Crippen LogP contribution in [0, 0.1) is 23.5 Å². The molecule has 7 heteroatoms. The molecular weight excluding hydrogens is 340 g/mol. The number of ketones is 1. The number of hydrogen-bond acceptors (Lipinski definition) is 5. The first-order chi connectivity index (χ1) is 12.4. The van der Waals surface area contributed by atoms with Crippen LogP contribution in [0.4, 0.5) is 8.78 Å². The monoisotopic (exact) mass is 363 g/mol. The van der Waals surface area contributed by atoms with Crippen LogP contribution in [0.15, 0.2) is 22.7 Å². The molecule has 0 atom stereocenters. The van der Waals surface area contributed by atoms with Crippen molar-refractivity contribution in [2.45, 2.75) is 39.7 Å². The number of aromatic nitrogens is 2. The van der Waals surface area contributed by atoms with E-state index < -0.39 is 11.6 Å². The molecule has 0 aliphatic carbocycles. The Labute approximate surface area is 151 Å². The van der Waals surface area contributed by atoms with E-state index in [1.54, 1.807) is 0 Å². The molecule has 0 radical (unpaired) electrons. The standard InChI is InChI=1S/C19H23F2N3O2/c1-12(2)9-18-22-17(23-26-18)11-24-7-5-13(6-8-24)19(25)15-10-14(20)3-4-16(15)21/h3-4,10,12-13H,5-9,11H2,1-2H3. The Bertz CT molecular complexity index is 768. The Kier molecular flexibility index (Phi) is 5.76. The van der Waals surface area contributed by atoms with Gasteiger partial charge in [0.15, 0.2) is 11.6 Å². The SMILES string of the molecule is CC(C)Cc1nc(CN2CCC(C(=O)c3cc(F)ccc3F)CC2)no1. The summed E-state index contributed by atoms with van der Waals surface area (Å²) in [4.78, 5) is 19.0. The molecule has 0 bridgehead atoms. The number of benzene rings is 1. The van der Waals surface area contributed by atoms with Crippen LogP contribution in [0.1, 0.15) is 48.8 Å². The molecule has 1 fully saturated rings. The number of likely N-dealkylation sites (tertiary alicyclic amines) is 1. The molecule has 5 nitrogen and oxygen atoms in total. The minimum Gasteiger partial charge on any atom is -0.339 e. The highest BCUT2D eigenvalue weighted by molar-refractivity contribution is 5.98. The van der Waals surface area contributed by atoms with E-state index in [0.29, 0.717) is 50.1 Å². The summed E-state index contributed by atoms with van der Waals surface area (Å²) in [6.45, 7) is 6.11. The van der Waals surface area contributed by atoms with Gasteiger partial charge < -0.3 is 4.52 Å². The number of rotatable bonds is 6. The van der Waals surface area contributed by atoms with Crippen molar-refractivity contribution in [1.82, 2.24) is 15.0 Å². The van der Waals surface area contributed by atoms with E-state index in [9.17, 15) is 13.6 Å². The van der Waals surface area contributed by atoms with Crippen LogP contribution in [0.5, 0.6) is 0 Å². The molecule has 0 amide bonds. The van der Waals surface area contributed by atoms with Crippen LogP contribution in [0.2, 0.25) is 0 Å². The van der Waals surface area contributed by atoms with Crippen LogP contribution in [0.25, 0.3) is 0 Å². The van der Waals surface area contributed by atoms with Gasteiger partial charge in [0.1, 0.15) is 11.6 Å². The van der Waals surface area contributed by atoms with Gasteiger partial charge in [0.2, 0.25) is 5.89 Å². The molecule has 1 aromatic heterocycles. The van der Waals surface area contributed by atoms with Crippen molar-refractivity contribution in [2.24, 2.45) is 11.8 Å². The molecule has 1 saturated heterocycles. The minimum absolute atomic E-state index is 0.153. The van der Waals surface area contributed by atoms with Crippen molar-refractivity contribution in [3.05, 3.63) is 47.1 Å².